The van der Waals surface area contributed by atoms with Gasteiger partial charge in [-0.3, -0.25) is 0 Å². The van der Waals surface area contributed by atoms with Gasteiger partial charge in [0, 0.05) is 30.3 Å². The average Bonchev–Trinajstić information content (AvgIpc) is 3.30. The summed E-state index contributed by atoms with van der Waals surface area (Å²) in [6.07, 6.45) is 3.76. The van der Waals surface area contributed by atoms with Crippen molar-refractivity contribution < 1.29 is 4.79 Å². The van der Waals surface area contributed by atoms with E-state index in [1.54, 1.807) is 0 Å². The summed E-state index contributed by atoms with van der Waals surface area (Å²) in [6.45, 7) is 2.09. The molecule has 0 spiro atoms. The van der Waals surface area contributed by atoms with Gasteiger partial charge in [0.2, 0.25) is 5.95 Å². The summed E-state index contributed by atoms with van der Waals surface area (Å²) in [5, 5.41) is 7.42. The summed E-state index contributed by atoms with van der Waals surface area (Å²) in [5.41, 5.74) is 5.97. The minimum Gasteiger partial charge on any atom is -0.324 e. The molecule has 0 atom stereocenters. The van der Waals surface area contributed by atoms with E-state index in [0.29, 0.717) is 24.6 Å². The molecule has 2 N–H and O–H groups in total. The Morgan fingerprint density at radius 3 is 2.44 bits per heavy atom. The van der Waals surface area contributed by atoms with E-state index in [0.717, 1.165) is 57.2 Å². The van der Waals surface area contributed by atoms with Gasteiger partial charge in [-0.05, 0) is 48.2 Å². The zero-order chi connectivity index (χ0) is 24.7. The smallest absolute Gasteiger partial charge is 0.229 e. The van der Waals surface area contributed by atoms with Gasteiger partial charge in [0.25, 0.3) is 0 Å². The SMILES string of the molecule is CCc1ccc2nc(Nc3cc(Cc4ccccc4)nc(Nc4ccc(CCC=O)cc4)n3)sc2n1. The van der Waals surface area contributed by atoms with E-state index >= 15 is 0 Å². The highest BCUT2D eigenvalue weighted by Gasteiger charge is 2.11. The van der Waals surface area contributed by atoms with E-state index in [4.69, 9.17) is 9.97 Å². The first-order valence-corrected chi connectivity index (χ1v) is 12.7. The third-order valence-corrected chi connectivity index (χ3v) is 6.56. The van der Waals surface area contributed by atoms with E-state index in [1.165, 1.54) is 16.9 Å². The molecule has 0 bridgehead atoms. The van der Waals surface area contributed by atoms with Crippen molar-refractivity contribution in [2.45, 2.75) is 32.6 Å². The number of rotatable bonds is 10. The zero-order valence-electron chi connectivity index (χ0n) is 19.9. The Bertz CT molecular complexity index is 1470. The maximum Gasteiger partial charge on any atom is 0.229 e. The van der Waals surface area contributed by atoms with Crippen LogP contribution in [0.3, 0.4) is 0 Å². The molecule has 0 aliphatic rings. The van der Waals surface area contributed by atoms with Gasteiger partial charge in [0.05, 0.1) is 5.69 Å². The van der Waals surface area contributed by atoms with Gasteiger partial charge >= 0.3 is 0 Å². The first-order valence-electron chi connectivity index (χ1n) is 11.9. The van der Waals surface area contributed by atoms with Crippen LogP contribution in [0.25, 0.3) is 10.3 Å². The maximum atomic E-state index is 10.6. The Hall–Kier alpha value is -4.17. The van der Waals surface area contributed by atoms with E-state index in [2.05, 4.69) is 39.7 Å². The second kappa shape index (κ2) is 11.0. The highest BCUT2D eigenvalue weighted by atomic mass is 32.1. The number of nitrogens with one attached hydrogen (secondary N) is 2. The van der Waals surface area contributed by atoms with Gasteiger partial charge in [-0.1, -0.05) is 60.7 Å². The summed E-state index contributed by atoms with van der Waals surface area (Å²) in [6, 6.07) is 24.2. The highest BCUT2D eigenvalue weighted by Crippen LogP contribution is 2.28. The number of aryl methyl sites for hydroxylation is 2. The third kappa shape index (κ3) is 5.90. The number of hydrogen-bond donors (Lipinski definition) is 2. The molecule has 0 fully saturated rings. The number of thiazole rings is 1. The summed E-state index contributed by atoms with van der Waals surface area (Å²) in [7, 11) is 0. The molecule has 3 heterocycles. The van der Waals surface area contributed by atoms with E-state index in [-0.39, 0.29) is 0 Å². The van der Waals surface area contributed by atoms with Crippen LogP contribution in [-0.4, -0.2) is 26.2 Å². The van der Waals surface area contributed by atoms with Crippen LogP contribution in [0.15, 0.2) is 72.8 Å². The summed E-state index contributed by atoms with van der Waals surface area (Å²) in [5.74, 6) is 1.16. The van der Waals surface area contributed by atoms with Gasteiger partial charge in [-0.15, -0.1) is 0 Å². The lowest BCUT2D eigenvalue weighted by Crippen LogP contribution is -2.04. The summed E-state index contributed by atoms with van der Waals surface area (Å²) < 4.78 is 0. The summed E-state index contributed by atoms with van der Waals surface area (Å²) >= 11 is 1.51. The Kier molecular flexibility index (Phi) is 7.23. The van der Waals surface area contributed by atoms with Crippen molar-refractivity contribution in [3.63, 3.8) is 0 Å². The molecule has 3 aromatic heterocycles. The molecule has 0 aliphatic heterocycles. The largest absolute Gasteiger partial charge is 0.324 e. The maximum absolute atomic E-state index is 10.6. The molecule has 5 aromatic rings. The second-order valence-electron chi connectivity index (χ2n) is 8.38. The van der Waals surface area contributed by atoms with Crippen LogP contribution in [0, 0.1) is 0 Å². The van der Waals surface area contributed by atoms with Crippen molar-refractivity contribution in [3.05, 3.63) is 95.3 Å². The van der Waals surface area contributed by atoms with Crippen molar-refractivity contribution in [2.75, 3.05) is 10.6 Å². The number of fused-ring (bicyclic) bond motifs is 1. The molecule has 0 aliphatic carbocycles. The minimum absolute atomic E-state index is 0.499. The van der Waals surface area contributed by atoms with Crippen LogP contribution in [0.2, 0.25) is 0 Å². The molecule has 180 valence electrons. The number of anilines is 4. The number of carbonyl (C=O) groups excluding carboxylic acids is 1. The van der Waals surface area contributed by atoms with Gasteiger partial charge in [-0.2, -0.15) is 4.98 Å². The number of aromatic nitrogens is 4. The third-order valence-electron chi connectivity index (χ3n) is 5.68. The summed E-state index contributed by atoms with van der Waals surface area (Å²) in [4.78, 5) is 30.4. The van der Waals surface area contributed by atoms with E-state index in [9.17, 15) is 4.79 Å². The van der Waals surface area contributed by atoms with Crippen molar-refractivity contribution in [1.29, 1.82) is 0 Å². The predicted octanol–water partition coefficient (Wildman–Crippen LogP) is 6.25. The van der Waals surface area contributed by atoms with Gasteiger partial charge < -0.3 is 15.4 Å². The number of pyridine rings is 1. The monoisotopic (exact) mass is 494 g/mol. The average molecular weight is 495 g/mol. The fourth-order valence-electron chi connectivity index (χ4n) is 3.84. The first-order chi connectivity index (χ1) is 17.7. The van der Waals surface area contributed by atoms with Crippen molar-refractivity contribution in [3.8, 4) is 0 Å². The second-order valence-corrected chi connectivity index (χ2v) is 9.36. The molecular formula is C28H26N6OS. The van der Waals surface area contributed by atoms with Crippen LogP contribution in [0.1, 0.15) is 35.9 Å². The van der Waals surface area contributed by atoms with Crippen LogP contribution < -0.4 is 10.6 Å². The molecule has 0 saturated carbocycles. The highest BCUT2D eigenvalue weighted by molar-refractivity contribution is 7.21. The Balaban J connectivity index is 1.42. The topological polar surface area (TPSA) is 92.7 Å². The quantitative estimate of drug-likeness (QED) is 0.222. The molecule has 36 heavy (non-hydrogen) atoms. The van der Waals surface area contributed by atoms with E-state index < -0.39 is 0 Å². The lowest BCUT2D eigenvalue weighted by atomic mass is 10.1. The molecule has 0 unspecified atom stereocenters. The van der Waals surface area contributed by atoms with Crippen LogP contribution in [0.5, 0.6) is 0 Å². The molecule has 8 heteroatoms. The van der Waals surface area contributed by atoms with Crippen LogP contribution in [0.4, 0.5) is 22.6 Å². The fourth-order valence-corrected chi connectivity index (χ4v) is 4.70. The lowest BCUT2D eigenvalue weighted by Gasteiger charge is -2.11. The Morgan fingerprint density at radius 1 is 0.833 bits per heavy atom. The van der Waals surface area contributed by atoms with Crippen molar-refractivity contribution in [1.82, 2.24) is 19.9 Å². The Labute approximate surface area is 213 Å². The molecule has 0 amide bonds. The van der Waals surface area contributed by atoms with Gasteiger partial charge in [0.1, 0.15) is 22.5 Å². The number of hydrogen-bond acceptors (Lipinski definition) is 8. The number of carbonyl (C=O) groups is 1. The van der Waals surface area contributed by atoms with Crippen LogP contribution in [-0.2, 0) is 24.1 Å². The zero-order valence-corrected chi connectivity index (χ0v) is 20.8. The predicted molar refractivity (Wildman–Crippen MR) is 145 cm³/mol. The molecule has 5 rings (SSSR count). The number of benzene rings is 2. The molecule has 2 aromatic carbocycles. The van der Waals surface area contributed by atoms with E-state index in [1.807, 2.05) is 60.7 Å². The molecule has 7 nitrogen and oxygen atoms in total. The van der Waals surface area contributed by atoms with Crippen molar-refractivity contribution >= 4 is 50.6 Å². The Morgan fingerprint density at radius 2 is 1.67 bits per heavy atom. The van der Waals surface area contributed by atoms with Gasteiger partial charge in [0.15, 0.2) is 5.13 Å². The van der Waals surface area contributed by atoms with Crippen LogP contribution >= 0.6 is 11.3 Å². The fraction of sp³-hybridized carbons (Fsp3) is 0.179. The number of nitrogens with zero attached hydrogens (tertiary/aromatic N) is 4. The first kappa shape index (κ1) is 23.6. The lowest BCUT2D eigenvalue weighted by molar-refractivity contribution is -0.107. The molecular weight excluding hydrogens is 468 g/mol. The standard InChI is InChI=1S/C28H26N6OS/c1-2-21-14-15-24-26(29-21)36-28(32-24)34-25-18-23(17-20-7-4-3-5-8-20)31-27(33-25)30-22-12-10-19(11-13-22)9-6-16-35/h3-5,7-8,10-16,18H,2,6,9,17H2,1H3,(H2,30,31,32,33,34). The molecule has 0 saturated heterocycles. The minimum atomic E-state index is 0.499. The number of aldehydes is 1. The van der Waals surface area contributed by atoms with Crippen molar-refractivity contribution in [2.24, 2.45) is 0 Å². The molecule has 0 radical (unpaired) electrons. The normalized spacial score (nSPS) is 10.9. The van der Waals surface area contributed by atoms with Gasteiger partial charge in [-0.25, -0.2) is 15.0 Å².